The summed E-state index contributed by atoms with van der Waals surface area (Å²) in [6.45, 7) is 3.95. The van der Waals surface area contributed by atoms with Crippen molar-refractivity contribution in [3.8, 4) is 17.2 Å². The van der Waals surface area contributed by atoms with Gasteiger partial charge in [0.05, 0.1) is 12.2 Å². The van der Waals surface area contributed by atoms with Crippen LogP contribution in [0.25, 0.3) is 0 Å². The average molecular weight is 434 g/mol. The maximum absolute atomic E-state index is 12.4. The second kappa shape index (κ2) is 10.1. The number of nitrogens with zero attached hydrogens (tertiary/aromatic N) is 3. The summed E-state index contributed by atoms with van der Waals surface area (Å²) in [5.41, 5.74) is 2.58. The largest absolute Gasteiger partial charge is 0.489 e. The molecule has 166 valence electrons. The van der Waals surface area contributed by atoms with Crippen LogP contribution in [0.4, 0.5) is 0 Å². The van der Waals surface area contributed by atoms with Crippen molar-refractivity contribution >= 4 is 5.91 Å². The van der Waals surface area contributed by atoms with Crippen molar-refractivity contribution in [3.05, 3.63) is 77.9 Å². The number of nitrogens with one attached hydrogen (secondary N) is 1. The SMILES string of the molecule is CC(CNC(=O)c1ccc2c(c1)OCO2)Oc1cccc(CN(C)Cc2cnccn2)c1. The number of rotatable bonds is 9. The van der Waals surface area contributed by atoms with Crippen molar-refractivity contribution in [2.24, 2.45) is 0 Å². The van der Waals surface area contributed by atoms with Gasteiger partial charge in [-0.3, -0.25) is 19.7 Å². The number of ether oxygens (including phenoxy) is 3. The molecule has 1 unspecified atom stereocenters. The summed E-state index contributed by atoms with van der Waals surface area (Å²) in [5, 5.41) is 2.90. The molecular weight excluding hydrogens is 408 g/mol. The fourth-order valence-corrected chi connectivity index (χ4v) is 3.42. The van der Waals surface area contributed by atoms with E-state index < -0.39 is 0 Å². The Bertz CT molecular complexity index is 1060. The molecule has 0 fully saturated rings. The van der Waals surface area contributed by atoms with Crippen LogP contribution in [0.5, 0.6) is 17.2 Å². The molecule has 0 bridgehead atoms. The minimum Gasteiger partial charge on any atom is -0.489 e. The lowest BCUT2D eigenvalue weighted by Gasteiger charge is -2.18. The van der Waals surface area contributed by atoms with Gasteiger partial charge in [0.15, 0.2) is 11.5 Å². The Kier molecular flexibility index (Phi) is 6.81. The molecule has 3 aromatic rings. The standard InChI is InChI=1S/C24H26N4O4/c1-17(12-27-24(29)19-6-7-22-23(11-19)31-16-30-22)32-21-5-3-4-18(10-21)14-28(2)15-20-13-25-8-9-26-20/h3-11,13,17H,12,14-16H2,1-2H3,(H,27,29). The maximum atomic E-state index is 12.4. The molecular formula is C24H26N4O4. The van der Waals surface area contributed by atoms with Gasteiger partial charge in [0.2, 0.25) is 6.79 Å². The summed E-state index contributed by atoms with van der Waals surface area (Å²) in [5.74, 6) is 1.82. The van der Waals surface area contributed by atoms with E-state index in [1.807, 2.05) is 32.2 Å². The molecule has 0 radical (unpaired) electrons. The van der Waals surface area contributed by atoms with Crippen molar-refractivity contribution in [2.45, 2.75) is 26.1 Å². The number of benzene rings is 2. The van der Waals surface area contributed by atoms with E-state index in [2.05, 4.69) is 26.3 Å². The molecule has 1 aromatic heterocycles. The Balaban J connectivity index is 1.27. The van der Waals surface area contributed by atoms with E-state index in [9.17, 15) is 4.79 Å². The van der Waals surface area contributed by atoms with Crippen LogP contribution in [-0.4, -0.2) is 47.3 Å². The number of carbonyl (C=O) groups is 1. The van der Waals surface area contributed by atoms with Gasteiger partial charge in [0.1, 0.15) is 11.9 Å². The van der Waals surface area contributed by atoms with Crippen molar-refractivity contribution < 1.29 is 19.0 Å². The van der Waals surface area contributed by atoms with Crippen LogP contribution in [-0.2, 0) is 13.1 Å². The van der Waals surface area contributed by atoms with Crippen LogP contribution >= 0.6 is 0 Å². The third kappa shape index (κ3) is 5.73. The molecule has 4 rings (SSSR count). The minimum atomic E-state index is -0.194. The molecule has 1 aliphatic rings. The fourth-order valence-electron chi connectivity index (χ4n) is 3.42. The molecule has 2 heterocycles. The van der Waals surface area contributed by atoms with Gasteiger partial charge in [0, 0.05) is 37.2 Å². The lowest BCUT2D eigenvalue weighted by Crippen LogP contribution is -2.33. The average Bonchev–Trinajstić information content (AvgIpc) is 3.26. The number of aromatic nitrogens is 2. The second-order valence-electron chi connectivity index (χ2n) is 7.72. The predicted octanol–water partition coefficient (Wildman–Crippen LogP) is 3.03. The van der Waals surface area contributed by atoms with Gasteiger partial charge in [-0.25, -0.2) is 0 Å². The first-order valence-corrected chi connectivity index (χ1v) is 10.4. The molecule has 2 aromatic carbocycles. The summed E-state index contributed by atoms with van der Waals surface area (Å²) >= 11 is 0. The Hall–Kier alpha value is -3.65. The van der Waals surface area contributed by atoms with E-state index in [4.69, 9.17) is 14.2 Å². The fraction of sp³-hybridized carbons (Fsp3) is 0.292. The smallest absolute Gasteiger partial charge is 0.251 e. The lowest BCUT2D eigenvalue weighted by molar-refractivity contribution is 0.0931. The summed E-state index contributed by atoms with van der Waals surface area (Å²) in [6.07, 6.45) is 4.95. The highest BCUT2D eigenvalue weighted by Gasteiger charge is 2.17. The van der Waals surface area contributed by atoms with Gasteiger partial charge in [0.25, 0.3) is 5.91 Å². The van der Waals surface area contributed by atoms with E-state index in [0.29, 0.717) is 30.2 Å². The topological polar surface area (TPSA) is 85.8 Å². The quantitative estimate of drug-likeness (QED) is 0.554. The Labute approximate surface area is 187 Å². The normalized spacial score (nSPS) is 13.1. The number of carbonyl (C=O) groups excluding carboxylic acids is 1. The van der Waals surface area contributed by atoms with Gasteiger partial charge in [-0.15, -0.1) is 0 Å². The third-order valence-electron chi connectivity index (χ3n) is 4.92. The zero-order valence-electron chi connectivity index (χ0n) is 18.2. The van der Waals surface area contributed by atoms with Crippen LogP contribution < -0.4 is 19.5 Å². The molecule has 0 saturated carbocycles. The molecule has 1 N–H and O–H groups in total. The Morgan fingerprint density at radius 1 is 1.16 bits per heavy atom. The van der Waals surface area contributed by atoms with Crippen molar-refractivity contribution in [1.82, 2.24) is 20.2 Å². The maximum Gasteiger partial charge on any atom is 0.251 e. The number of hydrogen-bond donors (Lipinski definition) is 1. The van der Waals surface area contributed by atoms with Crippen LogP contribution in [0.3, 0.4) is 0 Å². The third-order valence-corrected chi connectivity index (χ3v) is 4.92. The predicted molar refractivity (Wildman–Crippen MR) is 119 cm³/mol. The first-order valence-electron chi connectivity index (χ1n) is 10.4. The summed E-state index contributed by atoms with van der Waals surface area (Å²) in [4.78, 5) is 23.0. The first kappa shape index (κ1) is 21.6. The first-order chi connectivity index (χ1) is 15.6. The molecule has 0 saturated heterocycles. The van der Waals surface area contributed by atoms with E-state index in [0.717, 1.165) is 23.6 Å². The lowest BCUT2D eigenvalue weighted by atomic mass is 10.2. The highest BCUT2D eigenvalue weighted by Crippen LogP contribution is 2.32. The van der Waals surface area contributed by atoms with E-state index >= 15 is 0 Å². The van der Waals surface area contributed by atoms with Gasteiger partial charge < -0.3 is 19.5 Å². The van der Waals surface area contributed by atoms with Crippen molar-refractivity contribution in [3.63, 3.8) is 0 Å². The second-order valence-corrected chi connectivity index (χ2v) is 7.72. The van der Waals surface area contributed by atoms with Gasteiger partial charge in [-0.1, -0.05) is 12.1 Å². The van der Waals surface area contributed by atoms with Crippen molar-refractivity contribution in [2.75, 3.05) is 20.4 Å². The van der Waals surface area contributed by atoms with Gasteiger partial charge in [-0.2, -0.15) is 0 Å². The molecule has 8 heteroatoms. The molecule has 1 atom stereocenters. The molecule has 1 aliphatic heterocycles. The molecule has 1 amide bonds. The molecule has 8 nitrogen and oxygen atoms in total. The number of amides is 1. The van der Waals surface area contributed by atoms with Crippen molar-refractivity contribution in [1.29, 1.82) is 0 Å². The van der Waals surface area contributed by atoms with E-state index in [1.165, 1.54) is 0 Å². The summed E-state index contributed by atoms with van der Waals surface area (Å²) in [6, 6.07) is 13.1. The van der Waals surface area contributed by atoms with Crippen LogP contribution in [0.15, 0.2) is 61.1 Å². The minimum absolute atomic E-state index is 0.181. The Morgan fingerprint density at radius 2 is 2.03 bits per heavy atom. The van der Waals surface area contributed by atoms with Crippen LogP contribution in [0.1, 0.15) is 28.5 Å². The van der Waals surface area contributed by atoms with E-state index in [-0.39, 0.29) is 18.8 Å². The van der Waals surface area contributed by atoms with Gasteiger partial charge >= 0.3 is 0 Å². The Morgan fingerprint density at radius 3 is 2.88 bits per heavy atom. The summed E-state index contributed by atoms with van der Waals surface area (Å²) < 4.78 is 16.6. The summed E-state index contributed by atoms with van der Waals surface area (Å²) in [7, 11) is 2.04. The molecule has 0 spiro atoms. The monoisotopic (exact) mass is 434 g/mol. The highest BCUT2D eigenvalue weighted by atomic mass is 16.7. The van der Waals surface area contributed by atoms with Gasteiger partial charge in [-0.05, 0) is 49.9 Å². The van der Waals surface area contributed by atoms with Crippen LogP contribution in [0.2, 0.25) is 0 Å². The molecule has 0 aliphatic carbocycles. The van der Waals surface area contributed by atoms with Crippen LogP contribution in [0, 0.1) is 0 Å². The zero-order valence-corrected chi connectivity index (χ0v) is 18.2. The van der Waals surface area contributed by atoms with E-state index in [1.54, 1.807) is 36.8 Å². The zero-order chi connectivity index (χ0) is 22.3. The number of hydrogen-bond acceptors (Lipinski definition) is 7. The molecule has 32 heavy (non-hydrogen) atoms. The highest BCUT2D eigenvalue weighted by molar-refractivity contribution is 5.94. The number of fused-ring (bicyclic) bond motifs is 1.